The first kappa shape index (κ1) is 24.5. The highest BCUT2D eigenvalue weighted by Crippen LogP contribution is 2.31. The van der Waals surface area contributed by atoms with Gasteiger partial charge in [-0.3, -0.25) is 9.59 Å². The van der Waals surface area contributed by atoms with Crippen molar-refractivity contribution in [3.05, 3.63) is 113 Å². The summed E-state index contributed by atoms with van der Waals surface area (Å²) in [4.78, 5) is 34.3. The standard InChI is InChI=1S/C30H27N3O3S/c1-20(18-31-29(34)25-14-9-15-26-24(25)16-17-36-26)33(19-22-10-5-3-6-11-22)30(35)27-28(37-21(2)32-27)23-12-7-4-8-13-23/h3-17,20H,18-19H2,1-2H3,(H,31,34). The van der Waals surface area contributed by atoms with E-state index in [0.29, 0.717) is 23.4 Å². The van der Waals surface area contributed by atoms with E-state index in [0.717, 1.165) is 26.4 Å². The van der Waals surface area contributed by atoms with Crippen molar-refractivity contribution in [2.75, 3.05) is 6.54 Å². The second-order valence-corrected chi connectivity index (χ2v) is 10.1. The van der Waals surface area contributed by atoms with Crippen LogP contribution in [0.1, 0.15) is 38.3 Å². The highest BCUT2D eigenvalue weighted by atomic mass is 32.1. The Balaban J connectivity index is 1.41. The summed E-state index contributed by atoms with van der Waals surface area (Å²) in [6.07, 6.45) is 1.57. The van der Waals surface area contributed by atoms with Crippen molar-refractivity contribution in [3.8, 4) is 10.4 Å². The van der Waals surface area contributed by atoms with Crippen LogP contribution in [-0.4, -0.2) is 34.3 Å². The third-order valence-corrected chi connectivity index (χ3v) is 7.28. The van der Waals surface area contributed by atoms with E-state index in [1.807, 2.05) is 80.6 Å². The maximum atomic E-state index is 14.0. The van der Waals surface area contributed by atoms with Gasteiger partial charge in [0.25, 0.3) is 11.8 Å². The van der Waals surface area contributed by atoms with E-state index in [1.54, 1.807) is 29.4 Å². The number of rotatable bonds is 8. The molecule has 5 rings (SSSR count). The molecular weight excluding hydrogens is 482 g/mol. The van der Waals surface area contributed by atoms with Gasteiger partial charge in [0.2, 0.25) is 0 Å². The number of nitrogens with one attached hydrogen (secondary N) is 1. The Morgan fingerprint density at radius 1 is 0.973 bits per heavy atom. The van der Waals surface area contributed by atoms with E-state index < -0.39 is 0 Å². The molecule has 1 unspecified atom stereocenters. The molecule has 6 nitrogen and oxygen atoms in total. The molecule has 2 amide bonds. The monoisotopic (exact) mass is 509 g/mol. The number of thiazole rings is 1. The van der Waals surface area contributed by atoms with Crippen LogP contribution >= 0.6 is 11.3 Å². The van der Waals surface area contributed by atoms with Gasteiger partial charge in [-0.25, -0.2) is 4.98 Å². The molecule has 3 aromatic carbocycles. The quantitative estimate of drug-likeness (QED) is 0.265. The molecule has 0 spiro atoms. The Kier molecular flexibility index (Phi) is 7.14. The molecule has 5 aromatic rings. The first-order valence-electron chi connectivity index (χ1n) is 12.1. The second kappa shape index (κ2) is 10.8. The predicted molar refractivity (Wildman–Crippen MR) is 147 cm³/mol. The van der Waals surface area contributed by atoms with Crippen LogP contribution in [0.2, 0.25) is 0 Å². The van der Waals surface area contributed by atoms with Crippen molar-refractivity contribution >= 4 is 34.1 Å². The lowest BCUT2D eigenvalue weighted by molar-refractivity contribution is 0.0660. The van der Waals surface area contributed by atoms with Crippen molar-refractivity contribution in [2.24, 2.45) is 0 Å². The number of hydrogen-bond acceptors (Lipinski definition) is 5. The predicted octanol–water partition coefficient (Wildman–Crippen LogP) is 6.33. The summed E-state index contributed by atoms with van der Waals surface area (Å²) in [5, 5.41) is 4.60. The highest BCUT2D eigenvalue weighted by Gasteiger charge is 2.28. The first-order valence-corrected chi connectivity index (χ1v) is 12.9. The molecule has 2 aromatic heterocycles. The number of carbonyl (C=O) groups excluding carboxylic acids is 2. The van der Waals surface area contributed by atoms with E-state index in [2.05, 4.69) is 10.3 Å². The van der Waals surface area contributed by atoms with Crippen molar-refractivity contribution in [2.45, 2.75) is 26.4 Å². The Hall–Kier alpha value is -4.23. The minimum absolute atomic E-state index is 0.161. The number of furan rings is 1. The van der Waals surface area contributed by atoms with Crippen LogP contribution in [-0.2, 0) is 6.54 Å². The molecule has 0 saturated carbocycles. The van der Waals surface area contributed by atoms with Gasteiger partial charge < -0.3 is 14.6 Å². The summed E-state index contributed by atoms with van der Waals surface area (Å²) < 4.78 is 5.43. The number of nitrogens with zero attached hydrogens (tertiary/aromatic N) is 2. The molecule has 1 N–H and O–H groups in total. The van der Waals surface area contributed by atoms with Gasteiger partial charge in [-0.15, -0.1) is 11.3 Å². The van der Waals surface area contributed by atoms with Crippen LogP contribution < -0.4 is 5.32 Å². The van der Waals surface area contributed by atoms with E-state index in [1.165, 1.54) is 11.3 Å². The summed E-state index contributed by atoms with van der Waals surface area (Å²) in [7, 11) is 0. The fourth-order valence-corrected chi connectivity index (χ4v) is 5.25. The average molecular weight is 510 g/mol. The molecule has 37 heavy (non-hydrogen) atoms. The van der Waals surface area contributed by atoms with Crippen molar-refractivity contribution in [1.82, 2.24) is 15.2 Å². The number of aryl methyl sites for hydroxylation is 1. The molecule has 0 fully saturated rings. The van der Waals surface area contributed by atoms with Crippen LogP contribution in [0.25, 0.3) is 21.4 Å². The third kappa shape index (κ3) is 5.32. The Bertz CT molecular complexity index is 1530. The zero-order valence-electron chi connectivity index (χ0n) is 20.7. The molecular formula is C30H27N3O3S. The second-order valence-electron chi connectivity index (χ2n) is 8.89. The lowest BCUT2D eigenvalue weighted by Gasteiger charge is -2.29. The number of aromatic nitrogens is 1. The maximum Gasteiger partial charge on any atom is 0.274 e. The summed E-state index contributed by atoms with van der Waals surface area (Å²) in [5.41, 5.74) is 3.61. The van der Waals surface area contributed by atoms with Crippen LogP contribution in [0, 0.1) is 6.92 Å². The Morgan fingerprint density at radius 2 is 1.70 bits per heavy atom. The van der Waals surface area contributed by atoms with Crippen molar-refractivity contribution < 1.29 is 14.0 Å². The third-order valence-electron chi connectivity index (χ3n) is 6.26. The SMILES string of the molecule is Cc1nc(C(=O)N(Cc2ccccc2)C(C)CNC(=O)c2cccc3occc23)c(-c2ccccc2)s1. The molecule has 7 heteroatoms. The molecule has 0 aliphatic rings. The van der Waals surface area contributed by atoms with Gasteiger partial charge >= 0.3 is 0 Å². The van der Waals surface area contributed by atoms with Gasteiger partial charge in [0.05, 0.1) is 21.7 Å². The van der Waals surface area contributed by atoms with Crippen LogP contribution in [0.3, 0.4) is 0 Å². The van der Waals surface area contributed by atoms with Crippen LogP contribution in [0.4, 0.5) is 0 Å². The summed E-state index contributed by atoms with van der Waals surface area (Å²) >= 11 is 1.51. The Morgan fingerprint density at radius 3 is 2.46 bits per heavy atom. The molecule has 0 bridgehead atoms. The van der Waals surface area contributed by atoms with Crippen LogP contribution in [0.15, 0.2) is 95.6 Å². The molecule has 0 radical (unpaired) electrons. The van der Waals surface area contributed by atoms with Gasteiger partial charge in [-0.2, -0.15) is 0 Å². The minimum atomic E-state index is -0.286. The lowest BCUT2D eigenvalue weighted by Crippen LogP contribution is -2.45. The maximum absolute atomic E-state index is 14.0. The zero-order valence-corrected chi connectivity index (χ0v) is 21.5. The molecule has 0 aliphatic heterocycles. The van der Waals surface area contributed by atoms with Gasteiger partial charge in [0.15, 0.2) is 0 Å². The van der Waals surface area contributed by atoms with E-state index in [4.69, 9.17) is 4.42 Å². The van der Waals surface area contributed by atoms with Gasteiger partial charge in [-0.05, 0) is 43.2 Å². The highest BCUT2D eigenvalue weighted by molar-refractivity contribution is 7.15. The fraction of sp³-hybridized carbons (Fsp3) is 0.167. The average Bonchev–Trinajstić information content (AvgIpc) is 3.57. The molecule has 2 heterocycles. The van der Waals surface area contributed by atoms with Crippen molar-refractivity contribution in [3.63, 3.8) is 0 Å². The smallest absolute Gasteiger partial charge is 0.274 e. The number of fused-ring (bicyclic) bond motifs is 1. The molecule has 0 saturated heterocycles. The Labute approximate surface area is 219 Å². The normalized spacial score (nSPS) is 11.8. The first-order chi connectivity index (χ1) is 18.0. The number of hydrogen-bond donors (Lipinski definition) is 1. The number of amides is 2. The van der Waals surface area contributed by atoms with E-state index in [9.17, 15) is 9.59 Å². The minimum Gasteiger partial charge on any atom is -0.464 e. The molecule has 0 aliphatic carbocycles. The summed E-state index contributed by atoms with van der Waals surface area (Å²) in [6.45, 7) is 4.55. The zero-order chi connectivity index (χ0) is 25.8. The fourth-order valence-electron chi connectivity index (χ4n) is 4.34. The largest absolute Gasteiger partial charge is 0.464 e. The molecule has 186 valence electrons. The van der Waals surface area contributed by atoms with E-state index in [-0.39, 0.29) is 24.4 Å². The van der Waals surface area contributed by atoms with Crippen LogP contribution in [0.5, 0.6) is 0 Å². The van der Waals surface area contributed by atoms with Gasteiger partial charge in [0.1, 0.15) is 11.3 Å². The molecule has 1 atom stereocenters. The van der Waals surface area contributed by atoms with Crippen molar-refractivity contribution in [1.29, 1.82) is 0 Å². The van der Waals surface area contributed by atoms with Gasteiger partial charge in [-0.1, -0.05) is 66.7 Å². The topological polar surface area (TPSA) is 75.4 Å². The lowest BCUT2D eigenvalue weighted by atomic mass is 10.1. The van der Waals surface area contributed by atoms with Gasteiger partial charge in [0, 0.05) is 24.5 Å². The summed E-state index contributed by atoms with van der Waals surface area (Å²) in [5.74, 6) is -0.369. The number of benzene rings is 3. The van der Waals surface area contributed by atoms with E-state index >= 15 is 0 Å². The number of carbonyl (C=O) groups is 2. The summed E-state index contributed by atoms with van der Waals surface area (Å²) in [6, 6.07) is 26.6.